The molecule has 2 amide bonds. The molecule has 4 heterocycles. The minimum absolute atomic E-state index is 0.00709. The fourth-order valence-corrected chi connectivity index (χ4v) is 6.44. The molecule has 8 rings (SSSR count). The summed E-state index contributed by atoms with van der Waals surface area (Å²) in [5.74, 6) is 1.93. The zero-order valence-corrected chi connectivity index (χ0v) is 33.6. The van der Waals surface area contributed by atoms with E-state index in [9.17, 15) is 29.1 Å². The topological polar surface area (TPSA) is 200 Å². The van der Waals surface area contributed by atoms with E-state index >= 15 is 0 Å². The van der Waals surface area contributed by atoms with E-state index < -0.39 is 11.9 Å². The molecule has 0 radical (unpaired) electrons. The summed E-state index contributed by atoms with van der Waals surface area (Å²) in [5.41, 5.74) is 6.68. The van der Waals surface area contributed by atoms with Gasteiger partial charge in [-0.1, -0.05) is 0 Å². The van der Waals surface area contributed by atoms with Crippen molar-refractivity contribution in [2.24, 2.45) is 0 Å². The van der Waals surface area contributed by atoms with E-state index in [2.05, 4.69) is 25.4 Å². The standard InChI is InChI=1S/2C12H13NO4.C10H11NO2.C9H9NO2/c1-16-9-3-4-10-8(5-9)6-13(12(10)15)7-11(14)17-2;1-16-8-3-4-9-7(5-8)6-13-10(11(9)14)12(15)17-2;1-13-8-2-3-9-7(4-8)5-11-6-10(9)12;1-12-7-2-3-8-6(4-7)5-10-9(8)11/h3-5H,6-7H2,1-2H3;3-5,13-14H,6H2,1-2H3;2-4,11H,5-6H2,1H3;2-4H,5H2,1H3,(H,10,11). The molecule has 0 fully saturated rings. The number of nitrogens with zero attached hydrogens (tertiary/aromatic N) is 1. The molecule has 4 aliphatic heterocycles. The van der Waals surface area contributed by atoms with Crippen LogP contribution < -0.4 is 34.9 Å². The van der Waals surface area contributed by atoms with Crippen LogP contribution in [0.1, 0.15) is 58.9 Å². The molecule has 0 saturated heterocycles. The summed E-state index contributed by atoms with van der Waals surface area (Å²) in [5, 5.41) is 18.6. The van der Waals surface area contributed by atoms with Gasteiger partial charge in [-0.15, -0.1) is 0 Å². The van der Waals surface area contributed by atoms with Crippen LogP contribution in [0.5, 0.6) is 23.0 Å². The van der Waals surface area contributed by atoms with E-state index in [0.717, 1.165) is 51.4 Å². The average molecular weight is 811 g/mol. The molecule has 4 aliphatic rings. The third-order valence-electron chi connectivity index (χ3n) is 9.60. The maximum Gasteiger partial charge on any atom is 0.358 e. The number of nitrogens with one attached hydrogen (secondary N) is 3. The highest BCUT2D eigenvalue weighted by atomic mass is 16.5. The smallest absolute Gasteiger partial charge is 0.358 e. The lowest BCUT2D eigenvalue weighted by Gasteiger charge is -2.20. The summed E-state index contributed by atoms with van der Waals surface area (Å²) in [6.45, 7) is 2.65. The number of carbonyl (C=O) groups excluding carboxylic acids is 5. The fourth-order valence-electron chi connectivity index (χ4n) is 6.44. The van der Waals surface area contributed by atoms with Crippen molar-refractivity contribution >= 4 is 35.3 Å². The lowest BCUT2D eigenvalue weighted by atomic mass is 10.00. The van der Waals surface area contributed by atoms with Gasteiger partial charge < -0.3 is 54.4 Å². The molecule has 59 heavy (non-hydrogen) atoms. The van der Waals surface area contributed by atoms with Gasteiger partial charge in [0.2, 0.25) is 0 Å². The molecular formula is C43H46N4O12. The van der Waals surface area contributed by atoms with Crippen molar-refractivity contribution in [3.8, 4) is 23.0 Å². The van der Waals surface area contributed by atoms with E-state index in [1.54, 1.807) is 64.8 Å². The summed E-state index contributed by atoms with van der Waals surface area (Å²) in [6.07, 6.45) is 0. The third kappa shape index (κ3) is 10.3. The van der Waals surface area contributed by atoms with Crippen molar-refractivity contribution in [3.05, 3.63) is 123 Å². The summed E-state index contributed by atoms with van der Waals surface area (Å²) >= 11 is 0. The summed E-state index contributed by atoms with van der Waals surface area (Å²) in [7, 11) is 8.97. The summed E-state index contributed by atoms with van der Waals surface area (Å²) < 4.78 is 29.4. The van der Waals surface area contributed by atoms with E-state index in [0.29, 0.717) is 48.8 Å². The molecule has 0 aliphatic carbocycles. The first-order chi connectivity index (χ1) is 28.4. The molecule has 0 aromatic heterocycles. The minimum Gasteiger partial charge on any atom is -0.505 e. The number of aliphatic hydroxyl groups excluding tert-OH is 1. The highest BCUT2D eigenvalue weighted by Crippen LogP contribution is 2.29. The van der Waals surface area contributed by atoms with Crippen molar-refractivity contribution in [3.63, 3.8) is 0 Å². The molecule has 0 atom stereocenters. The molecule has 0 saturated carbocycles. The van der Waals surface area contributed by atoms with E-state index in [4.69, 9.17) is 18.9 Å². The Morgan fingerprint density at radius 1 is 0.593 bits per heavy atom. The first-order valence-electron chi connectivity index (χ1n) is 18.3. The number of amides is 2. The largest absolute Gasteiger partial charge is 0.505 e. The summed E-state index contributed by atoms with van der Waals surface area (Å²) in [6, 6.07) is 21.5. The lowest BCUT2D eigenvalue weighted by Crippen LogP contribution is -2.30. The number of Topliss-reactive ketones (excluding diaryl/α,β-unsaturated/α-hetero) is 1. The summed E-state index contributed by atoms with van der Waals surface area (Å²) in [4.78, 5) is 58.4. The Labute approximate surface area is 341 Å². The Bertz CT molecular complexity index is 2270. The van der Waals surface area contributed by atoms with E-state index in [1.165, 1.54) is 19.1 Å². The van der Waals surface area contributed by atoms with Gasteiger partial charge in [0.15, 0.2) is 17.2 Å². The van der Waals surface area contributed by atoms with E-state index in [1.807, 2.05) is 36.4 Å². The van der Waals surface area contributed by atoms with Crippen LogP contribution in [-0.4, -0.2) is 95.3 Å². The highest BCUT2D eigenvalue weighted by Gasteiger charge is 2.29. The maximum atomic E-state index is 11.9. The van der Waals surface area contributed by atoms with Crippen LogP contribution >= 0.6 is 0 Å². The Morgan fingerprint density at radius 2 is 1.08 bits per heavy atom. The number of hydrogen-bond acceptors (Lipinski definition) is 14. The number of carbonyl (C=O) groups is 5. The van der Waals surface area contributed by atoms with Crippen molar-refractivity contribution < 1.29 is 57.5 Å². The number of methoxy groups -OCH3 is 6. The molecule has 4 N–H and O–H groups in total. The second kappa shape index (κ2) is 19.9. The van der Waals surface area contributed by atoms with Gasteiger partial charge in [0.05, 0.1) is 49.2 Å². The van der Waals surface area contributed by atoms with Crippen LogP contribution in [0.25, 0.3) is 5.76 Å². The van der Waals surface area contributed by atoms with Crippen molar-refractivity contribution in [1.29, 1.82) is 0 Å². The number of ketones is 1. The van der Waals surface area contributed by atoms with Crippen LogP contribution in [0.4, 0.5) is 0 Å². The van der Waals surface area contributed by atoms with Gasteiger partial charge in [-0.2, -0.15) is 0 Å². The van der Waals surface area contributed by atoms with Crippen molar-refractivity contribution in [2.75, 3.05) is 55.7 Å². The number of rotatable bonds is 7. The van der Waals surface area contributed by atoms with Crippen molar-refractivity contribution in [1.82, 2.24) is 20.9 Å². The molecule has 0 spiro atoms. The Hall–Kier alpha value is -7.07. The minimum atomic E-state index is -0.580. The second-order valence-electron chi connectivity index (χ2n) is 13.1. The molecule has 0 bridgehead atoms. The zero-order valence-electron chi connectivity index (χ0n) is 33.6. The van der Waals surface area contributed by atoms with Crippen LogP contribution in [0.3, 0.4) is 0 Å². The van der Waals surface area contributed by atoms with Crippen molar-refractivity contribution in [2.45, 2.75) is 26.2 Å². The van der Waals surface area contributed by atoms with Gasteiger partial charge in [-0.3, -0.25) is 19.2 Å². The van der Waals surface area contributed by atoms with Crippen LogP contribution in [0.2, 0.25) is 0 Å². The number of fused-ring (bicyclic) bond motifs is 4. The van der Waals surface area contributed by atoms with Crippen LogP contribution in [0.15, 0.2) is 78.5 Å². The monoisotopic (exact) mass is 810 g/mol. The molecule has 310 valence electrons. The Morgan fingerprint density at radius 3 is 1.64 bits per heavy atom. The van der Waals surface area contributed by atoms with Gasteiger partial charge in [-0.05, 0) is 95.1 Å². The molecular weight excluding hydrogens is 764 g/mol. The highest BCUT2D eigenvalue weighted by molar-refractivity contribution is 6.01. The maximum absolute atomic E-state index is 11.9. The first-order valence-corrected chi connectivity index (χ1v) is 18.3. The number of benzene rings is 4. The number of esters is 2. The number of ether oxygens (including phenoxy) is 6. The quantitative estimate of drug-likeness (QED) is 0.196. The predicted molar refractivity (Wildman–Crippen MR) is 214 cm³/mol. The Balaban J connectivity index is 0.000000151. The van der Waals surface area contributed by atoms with Gasteiger partial charge >= 0.3 is 11.9 Å². The Kier molecular flexibility index (Phi) is 14.5. The van der Waals surface area contributed by atoms with Gasteiger partial charge in [0, 0.05) is 48.4 Å². The molecule has 4 aromatic carbocycles. The van der Waals surface area contributed by atoms with Crippen LogP contribution in [-0.2, 0) is 45.2 Å². The third-order valence-corrected chi connectivity index (χ3v) is 9.60. The first kappa shape index (κ1) is 43.1. The number of aliphatic hydroxyl groups is 1. The molecule has 0 unspecified atom stereocenters. The lowest BCUT2D eigenvalue weighted by molar-refractivity contribution is -0.141. The molecule has 4 aromatic rings. The molecule has 16 nitrogen and oxygen atoms in total. The van der Waals surface area contributed by atoms with E-state index in [-0.39, 0.29) is 35.6 Å². The predicted octanol–water partition coefficient (Wildman–Crippen LogP) is 3.94. The fraction of sp³-hybridized carbons (Fsp3) is 0.279. The van der Waals surface area contributed by atoms with Gasteiger partial charge in [0.1, 0.15) is 29.5 Å². The van der Waals surface area contributed by atoms with Gasteiger partial charge in [-0.25, -0.2) is 4.79 Å². The second-order valence-corrected chi connectivity index (χ2v) is 13.1. The normalized spacial score (nSPS) is 14.1. The average Bonchev–Trinajstić information content (AvgIpc) is 3.80. The number of hydrogen-bond donors (Lipinski definition) is 4. The SMILES string of the molecule is COC(=O)C1=C(O)c2ccc(OC)cc2CN1.COC(=O)CN1Cc2cc(OC)ccc2C1=O.COc1ccc2c(c1)CNC2=O.COc1ccc2c(c1)CNCC2=O. The zero-order chi connectivity index (χ0) is 42.6. The van der Waals surface area contributed by atoms with Gasteiger partial charge in [0.25, 0.3) is 11.8 Å². The van der Waals surface area contributed by atoms with Crippen LogP contribution in [0, 0.1) is 0 Å². The molecule has 16 heteroatoms.